The molecule has 0 bridgehead atoms. The summed E-state index contributed by atoms with van der Waals surface area (Å²) in [5.74, 6) is 0.558. The zero-order valence-corrected chi connectivity index (χ0v) is 9.74. The van der Waals surface area contributed by atoms with Gasteiger partial charge >= 0.3 is 0 Å². The first-order valence-corrected chi connectivity index (χ1v) is 5.59. The van der Waals surface area contributed by atoms with Gasteiger partial charge in [-0.2, -0.15) is 5.10 Å². The van der Waals surface area contributed by atoms with Crippen molar-refractivity contribution in [3.63, 3.8) is 0 Å². The lowest BCUT2D eigenvalue weighted by molar-refractivity contribution is -0.0502. The largest absolute Gasteiger partial charge is 0.383 e. The number of nitrogen functional groups attached to an aromatic ring is 1. The Bertz CT molecular complexity index is 342. The molecule has 1 fully saturated rings. The summed E-state index contributed by atoms with van der Waals surface area (Å²) in [6.07, 6.45) is 3.98. The Hall–Kier alpha value is -0.740. The summed E-state index contributed by atoms with van der Waals surface area (Å²) in [5, 5.41) is 4.74. The van der Waals surface area contributed by atoms with Crippen molar-refractivity contribution in [2.24, 2.45) is 0 Å². The molecule has 1 saturated heterocycles. The molecule has 0 radical (unpaired) electrons. The third kappa shape index (κ3) is 2.11. The van der Waals surface area contributed by atoms with Gasteiger partial charge in [0, 0.05) is 0 Å². The highest BCUT2D eigenvalue weighted by Gasteiger charge is 2.27. The van der Waals surface area contributed by atoms with Crippen LogP contribution in [0.4, 0.5) is 5.82 Å². The van der Waals surface area contributed by atoms with Crippen molar-refractivity contribution in [2.75, 3.05) is 5.73 Å². The van der Waals surface area contributed by atoms with Crippen molar-refractivity contribution < 1.29 is 4.74 Å². The highest BCUT2D eigenvalue weighted by molar-refractivity contribution is 6.32. The van der Waals surface area contributed by atoms with E-state index in [1.165, 1.54) is 0 Å². The quantitative estimate of drug-likeness (QED) is 0.804. The van der Waals surface area contributed by atoms with E-state index in [1.807, 2.05) is 4.68 Å². The van der Waals surface area contributed by atoms with E-state index in [4.69, 9.17) is 22.1 Å². The van der Waals surface area contributed by atoms with Crippen LogP contribution in [0.5, 0.6) is 0 Å². The van der Waals surface area contributed by atoms with Crippen LogP contribution in [0, 0.1) is 0 Å². The van der Waals surface area contributed by atoms with Gasteiger partial charge in [-0.3, -0.25) is 0 Å². The van der Waals surface area contributed by atoms with Gasteiger partial charge in [0.05, 0.1) is 24.4 Å². The fraction of sp³-hybridized carbons (Fsp3) is 0.700. The maximum Gasteiger partial charge on any atom is 0.140 e. The predicted molar refractivity (Wildman–Crippen MR) is 59.9 cm³/mol. The number of halogens is 1. The third-order valence-corrected chi connectivity index (χ3v) is 3.10. The Labute approximate surface area is 94.3 Å². The minimum atomic E-state index is 0.251. The van der Waals surface area contributed by atoms with Gasteiger partial charge in [-0.25, -0.2) is 4.68 Å². The summed E-state index contributed by atoms with van der Waals surface area (Å²) in [4.78, 5) is 0. The number of nitrogens with two attached hydrogens (primary N) is 1. The van der Waals surface area contributed by atoms with Gasteiger partial charge in [-0.15, -0.1) is 0 Å². The average molecular weight is 230 g/mol. The Morgan fingerprint density at radius 1 is 1.47 bits per heavy atom. The lowest BCUT2D eigenvalue weighted by Gasteiger charge is -2.32. The summed E-state index contributed by atoms with van der Waals surface area (Å²) in [6.45, 7) is 4.15. The average Bonchev–Trinajstić information content (AvgIpc) is 2.46. The van der Waals surface area contributed by atoms with Gasteiger partial charge in [0.1, 0.15) is 10.8 Å². The molecule has 0 amide bonds. The minimum Gasteiger partial charge on any atom is -0.383 e. The fourth-order valence-corrected chi connectivity index (χ4v) is 2.34. The zero-order chi connectivity index (χ0) is 11.0. The van der Waals surface area contributed by atoms with Crippen LogP contribution in [0.2, 0.25) is 5.02 Å². The van der Waals surface area contributed by atoms with Gasteiger partial charge in [-0.1, -0.05) is 11.6 Å². The number of aromatic nitrogens is 2. The van der Waals surface area contributed by atoms with Crippen LogP contribution in [-0.2, 0) is 4.74 Å². The van der Waals surface area contributed by atoms with E-state index in [0.717, 1.165) is 12.8 Å². The summed E-state index contributed by atoms with van der Waals surface area (Å²) in [6, 6.07) is 0.302. The molecule has 0 spiro atoms. The van der Waals surface area contributed by atoms with Gasteiger partial charge < -0.3 is 10.5 Å². The second kappa shape index (κ2) is 4.02. The van der Waals surface area contributed by atoms with Crippen molar-refractivity contribution in [1.82, 2.24) is 9.78 Å². The first kappa shape index (κ1) is 10.8. The second-order valence-corrected chi connectivity index (χ2v) is 4.61. The number of rotatable bonds is 1. The Morgan fingerprint density at radius 2 is 2.07 bits per heavy atom. The van der Waals surface area contributed by atoms with E-state index >= 15 is 0 Å². The van der Waals surface area contributed by atoms with E-state index in [1.54, 1.807) is 6.20 Å². The normalized spacial score (nSPS) is 31.8. The third-order valence-electron chi connectivity index (χ3n) is 2.81. The van der Waals surface area contributed by atoms with Crippen LogP contribution >= 0.6 is 11.6 Å². The second-order valence-electron chi connectivity index (χ2n) is 4.20. The molecule has 1 aliphatic heterocycles. The van der Waals surface area contributed by atoms with Crippen LogP contribution in [0.1, 0.15) is 32.7 Å². The zero-order valence-electron chi connectivity index (χ0n) is 8.98. The molecule has 1 aromatic heterocycles. The summed E-state index contributed by atoms with van der Waals surface area (Å²) in [7, 11) is 0. The van der Waals surface area contributed by atoms with E-state index < -0.39 is 0 Å². The molecule has 2 atom stereocenters. The molecular formula is C10H16ClN3O. The number of hydrogen-bond acceptors (Lipinski definition) is 3. The lowest BCUT2D eigenvalue weighted by atomic mass is 10.0. The molecule has 15 heavy (non-hydrogen) atoms. The molecule has 84 valence electrons. The van der Waals surface area contributed by atoms with Crippen LogP contribution in [-0.4, -0.2) is 22.0 Å². The highest BCUT2D eigenvalue weighted by Crippen LogP contribution is 2.31. The smallest absolute Gasteiger partial charge is 0.140 e. The number of anilines is 1. The molecule has 2 heterocycles. The van der Waals surface area contributed by atoms with Crippen LogP contribution in [0.15, 0.2) is 6.20 Å². The first-order chi connectivity index (χ1) is 7.08. The molecule has 1 aliphatic rings. The topological polar surface area (TPSA) is 53.1 Å². The van der Waals surface area contributed by atoms with Crippen molar-refractivity contribution in [3.8, 4) is 0 Å². The molecule has 0 aliphatic carbocycles. The van der Waals surface area contributed by atoms with Gasteiger partial charge in [0.2, 0.25) is 0 Å². The maximum atomic E-state index is 5.88. The van der Waals surface area contributed by atoms with Gasteiger partial charge in [-0.05, 0) is 26.7 Å². The van der Waals surface area contributed by atoms with Crippen molar-refractivity contribution in [3.05, 3.63) is 11.2 Å². The summed E-state index contributed by atoms with van der Waals surface area (Å²) < 4.78 is 7.49. The molecule has 2 N–H and O–H groups in total. The van der Waals surface area contributed by atoms with Crippen molar-refractivity contribution in [2.45, 2.75) is 44.9 Å². The van der Waals surface area contributed by atoms with E-state index in [2.05, 4.69) is 18.9 Å². The molecule has 2 unspecified atom stereocenters. The standard InChI is InChI=1S/C10H16ClN3O/c1-6-3-8(4-7(2)15-6)14-10(12)9(11)5-13-14/h5-8H,3-4,12H2,1-2H3. The van der Waals surface area contributed by atoms with Crippen molar-refractivity contribution in [1.29, 1.82) is 0 Å². The molecule has 0 saturated carbocycles. The number of nitrogens with zero attached hydrogens (tertiary/aromatic N) is 2. The Balaban J connectivity index is 2.20. The maximum absolute atomic E-state index is 5.88. The van der Waals surface area contributed by atoms with Crippen LogP contribution < -0.4 is 5.73 Å². The van der Waals surface area contributed by atoms with Crippen LogP contribution in [0.25, 0.3) is 0 Å². The molecular weight excluding hydrogens is 214 g/mol. The minimum absolute atomic E-state index is 0.251. The molecule has 1 aromatic rings. The fourth-order valence-electron chi connectivity index (χ4n) is 2.21. The molecule has 0 aromatic carbocycles. The van der Waals surface area contributed by atoms with Crippen molar-refractivity contribution >= 4 is 17.4 Å². The number of ether oxygens (including phenoxy) is 1. The molecule has 2 rings (SSSR count). The van der Waals surface area contributed by atoms with Crippen LogP contribution in [0.3, 0.4) is 0 Å². The molecule has 4 nitrogen and oxygen atoms in total. The van der Waals surface area contributed by atoms with E-state index in [9.17, 15) is 0 Å². The Kier molecular flexibility index (Phi) is 2.89. The summed E-state index contributed by atoms with van der Waals surface area (Å²) in [5.41, 5.74) is 5.85. The van der Waals surface area contributed by atoms with E-state index in [0.29, 0.717) is 16.9 Å². The highest BCUT2D eigenvalue weighted by atomic mass is 35.5. The van der Waals surface area contributed by atoms with Gasteiger partial charge in [0.25, 0.3) is 0 Å². The SMILES string of the molecule is CC1CC(n2ncc(Cl)c2N)CC(C)O1. The lowest BCUT2D eigenvalue weighted by Crippen LogP contribution is -2.31. The Morgan fingerprint density at radius 3 is 2.53 bits per heavy atom. The van der Waals surface area contributed by atoms with Gasteiger partial charge in [0.15, 0.2) is 0 Å². The number of hydrogen-bond donors (Lipinski definition) is 1. The monoisotopic (exact) mass is 229 g/mol. The predicted octanol–water partition coefficient (Wildman–Crippen LogP) is 2.25. The molecule has 5 heteroatoms. The summed E-state index contributed by atoms with van der Waals surface area (Å²) >= 11 is 5.88. The van der Waals surface area contributed by atoms with E-state index in [-0.39, 0.29) is 12.2 Å². The first-order valence-electron chi connectivity index (χ1n) is 5.22.